The summed E-state index contributed by atoms with van der Waals surface area (Å²) >= 11 is 0. The minimum absolute atomic E-state index is 0.0609. The van der Waals surface area contributed by atoms with Crippen LogP contribution in [-0.4, -0.2) is 41.1 Å². The van der Waals surface area contributed by atoms with E-state index in [1.165, 1.54) is 0 Å². The van der Waals surface area contributed by atoms with E-state index in [0.29, 0.717) is 5.92 Å². The number of rotatable bonds is 4. The minimum Gasteiger partial charge on any atom is -0.396 e. The Labute approximate surface area is 97.8 Å². The molecule has 1 saturated heterocycles. The highest BCUT2D eigenvalue weighted by molar-refractivity contribution is 5.85. The lowest BCUT2D eigenvalue weighted by Crippen LogP contribution is -2.55. The molecular formula is C12H24N2O2. The average molecular weight is 228 g/mol. The number of nitrogens with two attached hydrogens (primary N) is 1. The van der Waals surface area contributed by atoms with Gasteiger partial charge in [0.25, 0.3) is 0 Å². The first-order valence-electron chi connectivity index (χ1n) is 6.20. The molecule has 0 aromatic rings. The van der Waals surface area contributed by atoms with E-state index in [1.807, 2.05) is 18.7 Å². The minimum atomic E-state index is -0.721. The zero-order valence-electron chi connectivity index (χ0n) is 10.4. The van der Waals surface area contributed by atoms with Gasteiger partial charge in [-0.3, -0.25) is 4.79 Å². The van der Waals surface area contributed by atoms with Crippen molar-refractivity contribution in [3.63, 3.8) is 0 Å². The predicted octanol–water partition coefficient (Wildman–Crippen LogP) is 0.735. The molecule has 1 aliphatic heterocycles. The van der Waals surface area contributed by atoms with Gasteiger partial charge >= 0.3 is 0 Å². The Kier molecular flexibility index (Phi) is 4.74. The maximum atomic E-state index is 12.1. The largest absolute Gasteiger partial charge is 0.396 e. The smallest absolute Gasteiger partial charge is 0.242 e. The van der Waals surface area contributed by atoms with E-state index in [9.17, 15) is 4.79 Å². The lowest BCUT2D eigenvalue weighted by molar-refractivity contribution is -0.138. The highest BCUT2D eigenvalue weighted by Gasteiger charge is 2.33. The predicted molar refractivity (Wildman–Crippen MR) is 63.9 cm³/mol. The molecule has 0 aliphatic carbocycles. The highest BCUT2D eigenvalue weighted by Crippen LogP contribution is 2.20. The first-order chi connectivity index (χ1) is 7.51. The molecule has 16 heavy (non-hydrogen) atoms. The molecule has 0 saturated carbocycles. The first-order valence-corrected chi connectivity index (χ1v) is 6.20. The molecule has 1 heterocycles. The van der Waals surface area contributed by atoms with Crippen molar-refractivity contribution in [1.29, 1.82) is 0 Å². The fraction of sp³-hybridized carbons (Fsp3) is 0.917. The van der Waals surface area contributed by atoms with Crippen LogP contribution in [-0.2, 0) is 4.79 Å². The summed E-state index contributed by atoms with van der Waals surface area (Å²) in [7, 11) is 0. The van der Waals surface area contributed by atoms with Crippen molar-refractivity contribution in [2.45, 2.75) is 45.1 Å². The van der Waals surface area contributed by atoms with Crippen LogP contribution in [0.2, 0.25) is 0 Å². The molecule has 0 radical (unpaired) electrons. The number of likely N-dealkylation sites (tertiary alicyclic amines) is 1. The van der Waals surface area contributed by atoms with Crippen LogP contribution in [0.5, 0.6) is 0 Å². The second-order valence-corrected chi connectivity index (χ2v) is 5.09. The van der Waals surface area contributed by atoms with Crippen LogP contribution in [0.1, 0.15) is 39.5 Å². The number of carbonyl (C=O) groups excluding carboxylic acids is 1. The van der Waals surface area contributed by atoms with Gasteiger partial charge in [-0.25, -0.2) is 0 Å². The Morgan fingerprint density at radius 1 is 1.50 bits per heavy atom. The van der Waals surface area contributed by atoms with E-state index in [4.69, 9.17) is 10.8 Å². The molecule has 1 unspecified atom stereocenters. The summed E-state index contributed by atoms with van der Waals surface area (Å²) in [5.74, 6) is 0.421. The molecule has 1 aliphatic rings. The van der Waals surface area contributed by atoms with Gasteiger partial charge in [0.05, 0.1) is 5.54 Å². The summed E-state index contributed by atoms with van der Waals surface area (Å²) in [6, 6.07) is 0. The Hall–Kier alpha value is -0.610. The molecular weight excluding hydrogens is 204 g/mol. The van der Waals surface area contributed by atoms with Crippen LogP contribution in [0, 0.1) is 5.92 Å². The number of aliphatic hydroxyl groups is 1. The summed E-state index contributed by atoms with van der Waals surface area (Å²) in [6.45, 7) is 5.56. The van der Waals surface area contributed by atoms with Gasteiger partial charge < -0.3 is 15.7 Å². The van der Waals surface area contributed by atoms with E-state index in [-0.39, 0.29) is 12.5 Å². The van der Waals surface area contributed by atoms with Crippen molar-refractivity contribution in [2.75, 3.05) is 19.7 Å². The SMILES string of the molecule is CCCC(C)(N)C(=O)N1CCC(CO)CC1. The number of carbonyl (C=O) groups is 1. The normalized spacial score (nSPS) is 21.9. The maximum Gasteiger partial charge on any atom is 0.242 e. The monoisotopic (exact) mass is 228 g/mol. The van der Waals surface area contributed by atoms with Crippen LogP contribution in [0.25, 0.3) is 0 Å². The van der Waals surface area contributed by atoms with Crippen LogP contribution in [0.3, 0.4) is 0 Å². The average Bonchev–Trinajstić information content (AvgIpc) is 2.28. The molecule has 0 bridgehead atoms. The van der Waals surface area contributed by atoms with Crippen molar-refractivity contribution in [3.8, 4) is 0 Å². The van der Waals surface area contributed by atoms with E-state index >= 15 is 0 Å². The van der Waals surface area contributed by atoms with E-state index < -0.39 is 5.54 Å². The van der Waals surface area contributed by atoms with Gasteiger partial charge in [-0.05, 0) is 32.1 Å². The number of hydrogen-bond acceptors (Lipinski definition) is 3. The summed E-state index contributed by atoms with van der Waals surface area (Å²) in [5, 5.41) is 9.03. The summed E-state index contributed by atoms with van der Waals surface area (Å²) in [4.78, 5) is 14.0. The first kappa shape index (κ1) is 13.5. The van der Waals surface area contributed by atoms with Crippen LogP contribution < -0.4 is 5.73 Å². The Balaban J connectivity index is 2.50. The topological polar surface area (TPSA) is 66.6 Å². The molecule has 0 aromatic carbocycles. The van der Waals surface area contributed by atoms with Gasteiger partial charge in [0.2, 0.25) is 5.91 Å². The van der Waals surface area contributed by atoms with Crippen LogP contribution in [0.15, 0.2) is 0 Å². The van der Waals surface area contributed by atoms with E-state index in [0.717, 1.165) is 38.8 Å². The zero-order chi connectivity index (χ0) is 12.2. The van der Waals surface area contributed by atoms with Gasteiger partial charge in [0, 0.05) is 19.7 Å². The van der Waals surface area contributed by atoms with Gasteiger partial charge in [0.1, 0.15) is 0 Å². The second-order valence-electron chi connectivity index (χ2n) is 5.09. The van der Waals surface area contributed by atoms with Gasteiger partial charge in [-0.15, -0.1) is 0 Å². The second kappa shape index (κ2) is 5.64. The number of nitrogens with zero attached hydrogens (tertiary/aromatic N) is 1. The van der Waals surface area contributed by atoms with E-state index in [2.05, 4.69) is 0 Å². The Bertz CT molecular complexity index is 233. The molecule has 4 heteroatoms. The molecule has 1 fully saturated rings. The Morgan fingerprint density at radius 2 is 2.06 bits per heavy atom. The molecule has 0 aromatic heterocycles. The number of piperidine rings is 1. The molecule has 94 valence electrons. The van der Waals surface area contributed by atoms with Gasteiger partial charge in [0.15, 0.2) is 0 Å². The van der Waals surface area contributed by atoms with Crippen molar-refractivity contribution in [1.82, 2.24) is 4.90 Å². The highest BCUT2D eigenvalue weighted by atomic mass is 16.3. The summed E-state index contributed by atoms with van der Waals surface area (Å²) in [6.07, 6.45) is 3.44. The molecule has 1 atom stereocenters. The van der Waals surface area contributed by atoms with Gasteiger partial charge in [-0.2, -0.15) is 0 Å². The summed E-state index contributed by atoms with van der Waals surface area (Å²) in [5.41, 5.74) is 5.31. The van der Waals surface area contributed by atoms with Crippen molar-refractivity contribution in [2.24, 2.45) is 11.7 Å². The van der Waals surface area contributed by atoms with Crippen LogP contribution >= 0.6 is 0 Å². The quantitative estimate of drug-likeness (QED) is 0.745. The standard InChI is InChI=1S/C12H24N2O2/c1-3-6-12(2,13)11(16)14-7-4-10(9-15)5-8-14/h10,15H,3-9,13H2,1-2H3. The Morgan fingerprint density at radius 3 is 2.50 bits per heavy atom. The number of amides is 1. The van der Waals surface area contributed by atoms with E-state index in [1.54, 1.807) is 0 Å². The molecule has 1 amide bonds. The third-order valence-corrected chi connectivity index (χ3v) is 3.42. The molecule has 4 nitrogen and oxygen atoms in total. The van der Waals surface area contributed by atoms with Crippen LogP contribution in [0.4, 0.5) is 0 Å². The maximum absolute atomic E-state index is 12.1. The van der Waals surface area contributed by atoms with Crippen molar-refractivity contribution >= 4 is 5.91 Å². The third-order valence-electron chi connectivity index (χ3n) is 3.42. The molecule has 0 spiro atoms. The zero-order valence-corrected chi connectivity index (χ0v) is 10.4. The van der Waals surface area contributed by atoms with Crippen molar-refractivity contribution < 1.29 is 9.90 Å². The third kappa shape index (κ3) is 3.19. The van der Waals surface area contributed by atoms with Gasteiger partial charge in [-0.1, -0.05) is 13.3 Å². The molecule has 3 N–H and O–H groups in total. The lowest BCUT2D eigenvalue weighted by Gasteiger charge is -2.36. The fourth-order valence-electron chi connectivity index (χ4n) is 2.31. The number of aliphatic hydroxyl groups excluding tert-OH is 1. The lowest BCUT2D eigenvalue weighted by atomic mass is 9.92. The fourth-order valence-corrected chi connectivity index (χ4v) is 2.31. The van der Waals surface area contributed by atoms with Crippen molar-refractivity contribution in [3.05, 3.63) is 0 Å². The summed E-state index contributed by atoms with van der Waals surface area (Å²) < 4.78 is 0. The molecule has 1 rings (SSSR count). The number of hydrogen-bond donors (Lipinski definition) is 2.